The van der Waals surface area contributed by atoms with Crippen LogP contribution in [-0.2, 0) is 11.2 Å². The molecule has 29 heavy (non-hydrogen) atoms. The highest BCUT2D eigenvalue weighted by molar-refractivity contribution is 5.80. The molecule has 0 radical (unpaired) electrons. The molecule has 0 atom stereocenters. The predicted molar refractivity (Wildman–Crippen MR) is 117 cm³/mol. The Labute approximate surface area is 174 Å². The first kappa shape index (κ1) is 22.8. The molecular formula is C22H36N4O3. The Morgan fingerprint density at radius 3 is 2.48 bits per heavy atom. The maximum absolute atomic E-state index is 12.0. The monoisotopic (exact) mass is 404 g/mol. The lowest BCUT2D eigenvalue weighted by atomic mass is 10.0. The lowest BCUT2D eigenvalue weighted by molar-refractivity contribution is -0.121. The zero-order chi connectivity index (χ0) is 20.9. The average molecular weight is 405 g/mol. The van der Waals surface area contributed by atoms with Crippen LogP contribution in [-0.4, -0.2) is 52.3 Å². The summed E-state index contributed by atoms with van der Waals surface area (Å²) in [4.78, 5) is 16.6. The summed E-state index contributed by atoms with van der Waals surface area (Å²) in [5.74, 6) is 2.96. The van der Waals surface area contributed by atoms with Gasteiger partial charge in [-0.25, -0.2) is 0 Å². The summed E-state index contributed by atoms with van der Waals surface area (Å²) in [5, 5.41) is 9.52. The number of methoxy groups -OCH3 is 2. The second-order valence-electron chi connectivity index (χ2n) is 7.33. The van der Waals surface area contributed by atoms with Crippen LogP contribution < -0.4 is 25.4 Å². The van der Waals surface area contributed by atoms with Gasteiger partial charge in [-0.05, 0) is 49.8 Å². The predicted octanol–water partition coefficient (Wildman–Crippen LogP) is 2.50. The van der Waals surface area contributed by atoms with Crippen LogP contribution >= 0.6 is 0 Å². The van der Waals surface area contributed by atoms with Crippen LogP contribution in [0.5, 0.6) is 11.5 Å². The molecule has 1 fully saturated rings. The minimum absolute atomic E-state index is 0.161. The number of rotatable bonds is 11. The van der Waals surface area contributed by atoms with Gasteiger partial charge in [0.15, 0.2) is 17.5 Å². The van der Waals surface area contributed by atoms with Gasteiger partial charge in [-0.15, -0.1) is 0 Å². The van der Waals surface area contributed by atoms with E-state index < -0.39 is 0 Å². The molecule has 0 aromatic heterocycles. The van der Waals surface area contributed by atoms with Crippen molar-refractivity contribution in [1.29, 1.82) is 0 Å². The first-order valence-electron chi connectivity index (χ1n) is 10.7. The summed E-state index contributed by atoms with van der Waals surface area (Å²) in [5.41, 5.74) is 1.14. The lowest BCUT2D eigenvalue weighted by Crippen LogP contribution is -2.41. The topological polar surface area (TPSA) is 84.0 Å². The minimum Gasteiger partial charge on any atom is -0.493 e. The van der Waals surface area contributed by atoms with E-state index >= 15 is 0 Å². The van der Waals surface area contributed by atoms with Crippen LogP contribution in [0.4, 0.5) is 0 Å². The SMILES string of the molecule is CCNC(=NCCc1ccc(OC)c(OC)c1)NCCNC(=O)CC1CCCC1. The molecule has 0 spiro atoms. The normalized spacial score (nSPS) is 14.5. The molecule has 2 rings (SSSR count). The molecule has 1 aliphatic rings. The van der Waals surface area contributed by atoms with Gasteiger partial charge in [0.25, 0.3) is 0 Å². The Balaban J connectivity index is 1.72. The van der Waals surface area contributed by atoms with Crippen LogP contribution in [0.2, 0.25) is 0 Å². The molecule has 162 valence electrons. The first-order valence-corrected chi connectivity index (χ1v) is 10.7. The highest BCUT2D eigenvalue weighted by Gasteiger charge is 2.17. The summed E-state index contributed by atoms with van der Waals surface area (Å²) in [6, 6.07) is 5.92. The van der Waals surface area contributed by atoms with Crippen molar-refractivity contribution in [2.75, 3.05) is 40.4 Å². The van der Waals surface area contributed by atoms with Crippen molar-refractivity contribution in [2.45, 2.75) is 45.4 Å². The molecule has 0 saturated heterocycles. The smallest absolute Gasteiger partial charge is 0.220 e. The number of carbonyl (C=O) groups excluding carboxylic acids is 1. The van der Waals surface area contributed by atoms with Crippen LogP contribution in [0.25, 0.3) is 0 Å². The van der Waals surface area contributed by atoms with Gasteiger partial charge in [-0.1, -0.05) is 18.9 Å². The van der Waals surface area contributed by atoms with E-state index in [0.29, 0.717) is 32.0 Å². The van der Waals surface area contributed by atoms with Gasteiger partial charge in [0.05, 0.1) is 14.2 Å². The van der Waals surface area contributed by atoms with Crippen LogP contribution in [0.3, 0.4) is 0 Å². The van der Waals surface area contributed by atoms with Gasteiger partial charge in [-0.2, -0.15) is 0 Å². The van der Waals surface area contributed by atoms with Crippen molar-refractivity contribution in [1.82, 2.24) is 16.0 Å². The van der Waals surface area contributed by atoms with E-state index in [0.717, 1.165) is 36.0 Å². The molecule has 1 amide bonds. The zero-order valence-corrected chi connectivity index (χ0v) is 18.1. The fourth-order valence-corrected chi connectivity index (χ4v) is 3.61. The number of ether oxygens (including phenoxy) is 2. The number of hydrogen-bond donors (Lipinski definition) is 3. The molecule has 1 aliphatic carbocycles. The molecule has 0 aliphatic heterocycles. The van der Waals surface area contributed by atoms with E-state index in [9.17, 15) is 4.79 Å². The molecule has 7 nitrogen and oxygen atoms in total. The van der Waals surface area contributed by atoms with Crippen molar-refractivity contribution < 1.29 is 14.3 Å². The summed E-state index contributed by atoms with van der Waals surface area (Å²) >= 11 is 0. The van der Waals surface area contributed by atoms with Crippen LogP contribution in [0.15, 0.2) is 23.2 Å². The molecule has 0 unspecified atom stereocenters. The number of nitrogens with one attached hydrogen (secondary N) is 3. The largest absolute Gasteiger partial charge is 0.493 e. The summed E-state index contributed by atoms with van der Waals surface area (Å²) in [7, 11) is 3.27. The van der Waals surface area contributed by atoms with E-state index in [1.165, 1.54) is 25.7 Å². The van der Waals surface area contributed by atoms with Crippen molar-refractivity contribution in [2.24, 2.45) is 10.9 Å². The maximum Gasteiger partial charge on any atom is 0.220 e. The van der Waals surface area contributed by atoms with Gasteiger partial charge in [0.2, 0.25) is 5.91 Å². The Morgan fingerprint density at radius 2 is 1.79 bits per heavy atom. The standard InChI is InChI=1S/C22H36N4O3/c1-4-23-22(26-14-13-24-21(27)16-17-7-5-6-8-17)25-12-11-18-9-10-19(28-2)20(15-18)29-3/h9-10,15,17H,4-8,11-14,16H2,1-3H3,(H,24,27)(H2,23,25,26). The Kier molecular flexibility index (Phi) is 10.2. The van der Waals surface area contributed by atoms with Crippen molar-refractivity contribution >= 4 is 11.9 Å². The van der Waals surface area contributed by atoms with Gasteiger partial charge in [-0.3, -0.25) is 9.79 Å². The van der Waals surface area contributed by atoms with Crippen molar-refractivity contribution in [3.8, 4) is 11.5 Å². The molecule has 1 aromatic rings. The Hall–Kier alpha value is -2.44. The van der Waals surface area contributed by atoms with E-state index in [-0.39, 0.29) is 5.91 Å². The molecule has 0 heterocycles. The number of carbonyl (C=O) groups is 1. The summed E-state index contributed by atoms with van der Waals surface area (Å²) in [6.45, 7) is 4.73. The molecule has 7 heteroatoms. The van der Waals surface area contributed by atoms with E-state index in [1.54, 1.807) is 14.2 Å². The number of hydrogen-bond acceptors (Lipinski definition) is 4. The first-order chi connectivity index (χ1) is 14.2. The molecule has 1 aromatic carbocycles. The summed E-state index contributed by atoms with van der Waals surface area (Å²) < 4.78 is 10.6. The molecule has 3 N–H and O–H groups in total. The second kappa shape index (κ2) is 12.9. The number of nitrogens with zero attached hydrogens (tertiary/aromatic N) is 1. The van der Waals surface area contributed by atoms with Crippen molar-refractivity contribution in [3.05, 3.63) is 23.8 Å². The third-order valence-corrected chi connectivity index (χ3v) is 5.15. The van der Waals surface area contributed by atoms with Crippen LogP contribution in [0, 0.1) is 5.92 Å². The van der Waals surface area contributed by atoms with Crippen molar-refractivity contribution in [3.63, 3.8) is 0 Å². The maximum atomic E-state index is 12.0. The quantitative estimate of drug-likeness (QED) is 0.300. The van der Waals surface area contributed by atoms with E-state index in [2.05, 4.69) is 20.9 Å². The van der Waals surface area contributed by atoms with Gasteiger partial charge in [0, 0.05) is 32.6 Å². The number of benzene rings is 1. The van der Waals surface area contributed by atoms with E-state index in [4.69, 9.17) is 9.47 Å². The average Bonchev–Trinajstić information content (AvgIpc) is 3.23. The second-order valence-corrected chi connectivity index (χ2v) is 7.33. The van der Waals surface area contributed by atoms with E-state index in [1.807, 2.05) is 25.1 Å². The minimum atomic E-state index is 0.161. The van der Waals surface area contributed by atoms with Gasteiger partial charge in [0.1, 0.15) is 0 Å². The number of aliphatic imine (C=N–C) groups is 1. The fourth-order valence-electron chi connectivity index (χ4n) is 3.61. The highest BCUT2D eigenvalue weighted by atomic mass is 16.5. The lowest BCUT2D eigenvalue weighted by Gasteiger charge is -2.13. The Morgan fingerprint density at radius 1 is 1.07 bits per heavy atom. The zero-order valence-electron chi connectivity index (χ0n) is 18.1. The molecular weight excluding hydrogens is 368 g/mol. The van der Waals surface area contributed by atoms with Crippen LogP contribution in [0.1, 0.15) is 44.6 Å². The number of amides is 1. The third-order valence-electron chi connectivity index (χ3n) is 5.15. The molecule has 1 saturated carbocycles. The third kappa shape index (κ3) is 8.21. The fraction of sp³-hybridized carbons (Fsp3) is 0.636. The Bertz CT molecular complexity index is 657. The van der Waals surface area contributed by atoms with Gasteiger partial charge < -0.3 is 25.4 Å². The summed E-state index contributed by atoms with van der Waals surface area (Å²) in [6.07, 6.45) is 6.40. The number of guanidine groups is 1. The van der Waals surface area contributed by atoms with Gasteiger partial charge >= 0.3 is 0 Å². The molecule has 0 bridgehead atoms. The highest BCUT2D eigenvalue weighted by Crippen LogP contribution is 2.28.